The van der Waals surface area contributed by atoms with Gasteiger partial charge in [0.15, 0.2) is 17.3 Å². The second-order valence-electron chi connectivity index (χ2n) is 10.1. The van der Waals surface area contributed by atoms with Crippen LogP contribution in [0.2, 0.25) is 0 Å². The van der Waals surface area contributed by atoms with Gasteiger partial charge in [0.2, 0.25) is 0 Å². The molecule has 12 heteroatoms. The minimum absolute atomic E-state index is 0.0674. The minimum atomic E-state index is -0.932. The molecule has 3 rings (SSSR count). The summed E-state index contributed by atoms with van der Waals surface area (Å²) in [5.74, 6) is 17.3. The number of hydrazine groups is 2. The first-order chi connectivity index (χ1) is 20.0. The fraction of sp³-hybridized carbons (Fsp3) is 0.300. The lowest BCUT2D eigenvalue weighted by Crippen LogP contribution is -2.51. The Hall–Kier alpha value is -4.65. The summed E-state index contributed by atoms with van der Waals surface area (Å²) in [4.78, 5) is 41.5. The van der Waals surface area contributed by atoms with Crippen LogP contribution in [0.4, 0.5) is 21.9 Å². The highest BCUT2D eigenvalue weighted by Gasteiger charge is 2.28. The maximum Gasteiger partial charge on any atom is 0.357 e. The van der Waals surface area contributed by atoms with Gasteiger partial charge in [0.25, 0.3) is 0 Å². The second-order valence-corrected chi connectivity index (χ2v) is 10.1. The number of nitrogens with one attached hydrogen (secondary N) is 1. The number of para-hydroxylation sites is 1. The zero-order valence-corrected chi connectivity index (χ0v) is 24.3. The molecule has 42 heavy (non-hydrogen) atoms. The van der Waals surface area contributed by atoms with E-state index in [4.69, 9.17) is 27.1 Å². The average molecular weight is 579 g/mol. The van der Waals surface area contributed by atoms with Crippen LogP contribution in [-0.2, 0) is 20.8 Å². The molecule has 7 N–H and O–H groups in total. The van der Waals surface area contributed by atoms with Crippen molar-refractivity contribution >= 4 is 34.8 Å². The number of amides is 2. The largest absolute Gasteiger partial charge is 0.493 e. The van der Waals surface area contributed by atoms with Crippen molar-refractivity contribution in [2.45, 2.75) is 45.6 Å². The van der Waals surface area contributed by atoms with Crippen molar-refractivity contribution in [3.8, 4) is 11.5 Å². The number of carbonyl (C=O) groups excluding carboxylic acids is 3. The van der Waals surface area contributed by atoms with Crippen molar-refractivity contribution in [1.82, 2.24) is 0 Å². The molecule has 0 aliphatic heterocycles. The van der Waals surface area contributed by atoms with Crippen LogP contribution >= 0.6 is 0 Å². The predicted octanol–water partition coefficient (Wildman–Crippen LogP) is 3.76. The molecule has 3 aromatic rings. The van der Waals surface area contributed by atoms with Crippen molar-refractivity contribution in [1.29, 1.82) is 0 Å². The number of hydrogen-bond donors (Lipinski definition) is 4. The monoisotopic (exact) mass is 578 g/mol. The van der Waals surface area contributed by atoms with Crippen LogP contribution in [0.25, 0.3) is 0 Å². The van der Waals surface area contributed by atoms with E-state index in [9.17, 15) is 14.4 Å². The smallest absolute Gasteiger partial charge is 0.357 e. The number of urea groups is 1. The van der Waals surface area contributed by atoms with E-state index >= 15 is 0 Å². The van der Waals surface area contributed by atoms with E-state index in [0.717, 1.165) is 21.1 Å². The molecule has 0 aliphatic rings. The molecule has 2 amide bonds. The molecular weight excluding hydrogens is 540 g/mol. The first kappa shape index (κ1) is 31.9. The number of ether oxygens (including phenoxy) is 2. The third-order valence-corrected chi connectivity index (χ3v) is 6.60. The number of hydrogen-bond acceptors (Lipinski definition) is 10. The highest BCUT2D eigenvalue weighted by atomic mass is 16.7. The van der Waals surface area contributed by atoms with E-state index < -0.39 is 17.5 Å². The Morgan fingerprint density at radius 3 is 2.26 bits per heavy atom. The number of carbonyl (C=O) groups is 3. The van der Waals surface area contributed by atoms with Gasteiger partial charge in [0.05, 0.1) is 37.1 Å². The highest BCUT2D eigenvalue weighted by Crippen LogP contribution is 2.32. The van der Waals surface area contributed by atoms with Gasteiger partial charge in [-0.05, 0) is 68.7 Å². The summed E-state index contributed by atoms with van der Waals surface area (Å²) in [5.41, 5.74) is 2.26. The fourth-order valence-corrected chi connectivity index (χ4v) is 4.10. The van der Waals surface area contributed by atoms with E-state index in [-0.39, 0.29) is 25.2 Å². The summed E-state index contributed by atoms with van der Waals surface area (Å²) in [6.45, 7) is 5.66. The van der Waals surface area contributed by atoms with Gasteiger partial charge in [-0.25, -0.2) is 26.5 Å². The molecule has 0 atom stereocenters. The Bertz CT molecular complexity index is 1400. The van der Waals surface area contributed by atoms with Crippen molar-refractivity contribution in [3.63, 3.8) is 0 Å². The van der Waals surface area contributed by atoms with Crippen LogP contribution in [0.1, 0.15) is 37.8 Å². The van der Waals surface area contributed by atoms with Gasteiger partial charge in [-0.2, -0.15) is 5.90 Å². The highest BCUT2D eigenvalue weighted by molar-refractivity contribution is 6.02. The van der Waals surface area contributed by atoms with Gasteiger partial charge in [-0.15, -0.1) is 0 Å². The van der Waals surface area contributed by atoms with Crippen molar-refractivity contribution in [3.05, 3.63) is 77.9 Å². The lowest BCUT2D eigenvalue weighted by atomic mass is 9.93. The van der Waals surface area contributed by atoms with Crippen molar-refractivity contribution in [2.24, 2.45) is 17.6 Å². The number of methoxy groups -OCH3 is 1. The van der Waals surface area contributed by atoms with E-state index in [1.165, 1.54) is 7.11 Å². The van der Waals surface area contributed by atoms with Crippen LogP contribution in [0.15, 0.2) is 66.7 Å². The average Bonchev–Trinajstić information content (AvgIpc) is 2.98. The Morgan fingerprint density at radius 2 is 1.62 bits per heavy atom. The zero-order valence-electron chi connectivity index (χ0n) is 24.3. The molecule has 3 aromatic carbocycles. The van der Waals surface area contributed by atoms with Crippen molar-refractivity contribution < 1.29 is 28.7 Å². The zero-order chi connectivity index (χ0) is 30.9. The summed E-state index contributed by atoms with van der Waals surface area (Å²) in [7, 11) is 1.52. The molecular formula is C30H38N6O6. The second kappa shape index (κ2) is 14.3. The maximum atomic E-state index is 13.3. The van der Waals surface area contributed by atoms with Crippen LogP contribution < -0.4 is 42.4 Å². The van der Waals surface area contributed by atoms with Crippen LogP contribution in [-0.4, -0.2) is 37.0 Å². The molecule has 224 valence electrons. The minimum Gasteiger partial charge on any atom is -0.493 e. The first-order valence-electron chi connectivity index (χ1n) is 13.3. The van der Waals surface area contributed by atoms with Crippen molar-refractivity contribution in [2.75, 3.05) is 29.1 Å². The number of rotatable bonds is 13. The number of nitrogens with two attached hydrogens (primary N) is 3. The van der Waals surface area contributed by atoms with E-state index in [1.807, 2.05) is 19.1 Å². The summed E-state index contributed by atoms with van der Waals surface area (Å²) in [6, 6.07) is 18.6. The SMILES string of the molecule is COc1ccc(NC(C)(C)C(=O)Cc2ccc(N(N)C(=O)N(N)c3ccccc3C)cc2)cc1OCCCC(=O)ON. The molecule has 0 saturated carbocycles. The van der Waals surface area contributed by atoms with E-state index in [1.54, 1.807) is 68.4 Å². The molecule has 0 radical (unpaired) electrons. The molecule has 0 bridgehead atoms. The van der Waals surface area contributed by atoms with Gasteiger partial charge >= 0.3 is 12.0 Å². The lowest BCUT2D eigenvalue weighted by Gasteiger charge is -2.27. The fourth-order valence-electron chi connectivity index (χ4n) is 4.10. The molecule has 0 fully saturated rings. The van der Waals surface area contributed by atoms with Gasteiger partial charge in [-0.3, -0.25) is 9.59 Å². The Balaban J connectivity index is 1.62. The first-order valence-corrected chi connectivity index (χ1v) is 13.3. The Morgan fingerprint density at radius 1 is 0.929 bits per heavy atom. The summed E-state index contributed by atoms with van der Waals surface area (Å²) >= 11 is 0. The van der Waals surface area contributed by atoms with Gasteiger partial charge in [0.1, 0.15) is 0 Å². The number of benzene rings is 3. The molecule has 0 heterocycles. The van der Waals surface area contributed by atoms with Gasteiger partial charge in [-0.1, -0.05) is 30.3 Å². The standard InChI is InChI=1S/C30H38N6O6/c1-20-8-5-6-9-24(20)36(32)29(39)35(31)23-14-11-21(12-15-23)18-27(37)30(2,3)34-22-13-16-25(40-4)26(19-22)41-17-7-10-28(38)42-33/h5-6,8-9,11-16,19,34H,7,10,17-18,31-33H2,1-4H3. The third kappa shape index (κ3) is 8.19. The number of nitrogens with zero attached hydrogens (tertiary/aromatic N) is 2. The van der Waals surface area contributed by atoms with Crippen LogP contribution in [0, 0.1) is 6.92 Å². The normalized spacial score (nSPS) is 10.9. The lowest BCUT2D eigenvalue weighted by molar-refractivity contribution is -0.144. The van der Waals surface area contributed by atoms with E-state index in [2.05, 4.69) is 10.2 Å². The van der Waals surface area contributed by atoms with Crippen LogP contribution in [0.5, 0.6) is 11.5 Å². The number of Topliss-reactive ketones (excluding diaryl/α,β-unsaturated/α-hetero) is 1. The number of anilines is 3. The number of ketones is 1. The maximum absolute atomic E-state index is 13.3. The molecule has 0 saturated heterocycles. The summed E-state index contributed by atoms with van der Waals surface area (Å²) in [5, 5.41) is 5.21. The van der Waals surface area contributed by atoms with Gasteiger partial charge in [0, 0.05) is 18.2 Å². The predicted molar refractivity (Wildman–Crippen MR) is 161 cm³/mol. The topological polar surface area (TPSA) is 175 Å². The Kier molecular flexibility index (Phi) is 10.9. The Labute approximate surface area is 245 Å². The molecule has 0 spiro atoms. The van der Waals surface area contributed by atoms with E-state index in [0.29, 0.717) is 35.0 Å². The molecule has 0 unspecified atom stereocenters. The van der Waals surface area contributed by atoms with Gasteiger partial charge < -0.3 is 19.6 Å². The summed E-state index contributed by atoms with van der Waals surface area (Å²) in [6.07, 6.45) is 0.673. The van der Waals surface area contributed by atoms with Crippen LogP contribution in [0.3, 0.4) is 0 Å². The number of aryl methyl sites for hydroxylation is 1. The molecule has 0 aliphatic carbocycles. The summed E-state index contributed by atoms with van der Waals surface area (Å²) < 4.78 is 11.1. The molecule has 0 aromatic heterocycles. The third-order valence-electron chi connectivity index (χ3n) is 6.60. The molecule has 12 nitrogen and oxygen atoms in total. The quantitative estimate of drug-likeness (QED) is 0.101.